The number of phenols is 1. The Balaban J connectivity index is 1.63. The summed E-state index contributed by atoms with van der Waals surface area (Å²) in [4.78, 5) is 29.7. The van der Waals surface area contributed by atoms with Gasteiger partial charge in [-0.05, 0) is 70.4 Å². The van der Waals surface area contributed by atoms with Gasteiger partial charge < -0.3 is 10.4 Å². The summed E-state index contributed by atoms with van der Waals surface area (Å²) in [6.45, 7) is 1.78. The van der Waals surface area contributed by atoms with Gasteiger partial charge in [0.15, 0.2) is 0 Å². The molecular weight excluding hydrogens is 420 g/mol. The van der Waals surface area contributed by atoms with Crippen molar-refractivity contribution >= 4 is 33.2 Å². The first-order valence-corrected chi connectivity index (χ1v) is 9.36. The minimum Gasteiger partial charge on any atom is -0.508 e. The number of nitrogens with one attached hydrogen (secondary N) is 1. The van der Waals surface area contributed by atoms with E-state index >= 15 is 0 Å². The van der Waals surface area contributed by atoms with Crippen molar-refractivity contribution < 1.29 is 14.7 Å². The second kappa shape index (κ2) is 7.05. The van der Waals surface area contributed by atoms with Crippen molar-refractivity contribution in [1.29, 1.82) is 0 Å². The maximum Gasteiger partial charge on any atom is 0.221 e. The number of hydrogen-bond donors (Lipinski definition) is 2. The first kappa shape index (κ1) is 18.1. The van der Waals surface area contributed by atoms with E-state index in [1.54, 1.807) is 31.2 Å². The third-order valence-electron chi connectivity index (χ3n) is 4.49. The number of allylic oxidation sites excluding steroid dienone is 2. The number of benzene rings is 2. The highest BCUT2D eigenvalue weighted by atomic mass is 79.9. The molecule has 0 radical (unpaired) electrons. The molecule has 0 bridgehead atoms. The molecule has 0 saturated heterocycles. The van der Waals surface area contributed by atoms with Crippen LogP contribution in [0.1, 0.15) is 26.5 Å². The van der Waals surface area contributed by atoms with E-state index in [1.165, 1.54) is 0 Å². The third-order valence-corrected chi connectivity index (χ3v) is 5.25. The second-order valence-electron chi connectivity index (χ2n) is 6.45. The highest BCUT2D eigenvalue weighted by Crippen LogP contribution is 2.30. The average Bonchev–Trinajstić information content (AvgIpc) is 2.70. The Morgan fingerprint density at radius 3 is 2.11 bits per heavy atom. The van der Waals surface area contributed by atoms with Gasteiger partial charge in [0.25, 0.3) is 0 Å². The summed E-state index contributed by atoms with van der Waals surface area (Å²) in [6.07, 6.45) is 0. The van der Waals surface area contributed by atoms with E-state index in [-0.39, 0.29) is 33.2 Å². The molecule has 3 aromatic rings. The summed E-state index contributed by atoms with van der Waals surface area (Å²) >= 11 is 3.25. The second-order valence-corrected chi connectivity index (χ2v) is 7.24. The van der Waals surface area contributed by atoms with Crippen molar-refractivity contribution in [2.24, 2.45) is 0 Å². The summed E-state index contributed by atoms with van der Waals surface area (Å²) in [6, 6.07) is 17.7. The molecule has 2 N–H and O–H groups in total. The molecule has 1 aliphatic carbocycles. The topological polar surface area (TPSA) is 79.3 Å². The van der Waals surface area contributed by atoms with Crippen molar-refractivity contribution in [3.63, 3.8) is 0 Å². The van der Waals surface area contributed by atoms with E-state index in [0.29, 0.717) is 16.9 Å². The summed E-state index contributed by atoms with van der Waals surface area (Å²) in [5.41, 5.74) is 3.95. The standard InChI is InChI=1S/C22H15BrN2O3/c1-12-2-11-17-19(24-12)22(28)18(23)20(21(17)27)25-15-7-3-13(4-8-15)14-5-9-16(26)10-6-14/h2-11,25-26H,1H3. The molecule has 2 aromatic carbocycles. The lowest BCUT2D eigenvalue weighted by atomic mass is 9.96. The normalized spacial score (nSPS) is 13.5. The van der Waals surface area contributed by atoms with Gasteiger partial charge >= 0.3 is 0 Å². The molecule has 1 aliphatic rings. The Morgan fingerprint density at radius 1 is 0.857 bits per heavy atom. The molecule has 0 unspecified atom stereocenters. The molecule has 0 atom stereocenters. The van der Waals surface area contributed by atoms with Crippen LogP contribution in [0.4, 0.5) is 5.69 Å². The molecule has 4 rings (SSSR count). The zero-order valence-electron chi connectivity index (χ0n) is 14.9. The number of ketones is 2. The predicted octanol–water partition coefficient (Wildman–Crippen LogP) is 4.86. The van der Waals surface area contributed by atoms with Crippen LogP contribution in [-0.4, -0.2) is 21.7 Å². The molecule has 0 amide bonds. The Labute approximate surface area is 169 Å². The van der Waals surface area contributed by atoms with Crippen LogP contribution in [0.25, 0.3) is 11.1 Å². The Kier molecular flexibility index (Phi) is 4.57. The smallest absolute Gasteiger partial charge is 0.221 e. The number of hydrogen-bond acceptors (Lipinski definition) is 5. The number of carbonyl (C=O) groups excluding carboxylic acids is 2. The van der Waals surface area contributed by atoms with E-state index in [0.717, 1.165) is 11.1 Å². The Hall–Kier alpha value is -3.25. The molecule has 0 aliphatic heterocycles. The van der Waals surface area contributed by atoms with Crippen molar-refractivity contribution in [1.82, 2.24) is 4.98 Å². The van der Waals surface area contributed by atoms with Crippen LogP contribution in [0.15, 0.2) is 70.8 Å². The number of halogens is 1. The number of Topliss-reactive ketones (excluding diaryl/α,β-unsaturated/α-hetero) is 2. The van der Waals surface area contributed by atoms with Crippen LogP contribution in [0.3, 0.4) is 0 Å². The SMILES string of the molecule is Cc1ccc2c(n1)C(=O)C(Br)=C(Nc1ccc(-c3ccc(O)cc3)cc1)C2=O. The molecule has 1 aromatic heterocycles. The van der Waals surface area contributed by atoms with E-state index < -0.39 is 0 Å². The van der Waals surface area contributed by atoms with Gasteiger partial charge in [-0.2, -0.15) is 0 Å². The molecule has 0 fully saturated rings. The van der Waals surface area contributed by atoms with Crippen molar-refractivity contribution in [2.75, 3.05) is 5.32 Å². The Morgan fingerprint density at radius 2 is 1.46 bits per heavy atom. The van der Waals surface area contributed by atoms with E-state index in [4.69, 9.17) is 0 Å². The lowest BCUT2D eigenvalue weighted by Crippen LogP contribution is -2.25. The van der Waals surface area contributed by atoms with E-state index in [1.807, 2.05) is 36.4 Å². The molecule has 138 valence electrons. The number of aromatic hydroxyl groups is 1. The molecule has 1 heterocycles. The minimum atomic E-state index is -0.318. The average molecular weight is 435 g/mol. The van der Waals surface area contributed by atoms with Gasteiger partial charge in [-0.15, -0.1) is 0 Å². The minimum absolute atomic E-state index is 0.171. The van der Waals surface area contributed by atoms with Crippen molar-refractivity contribution in [3.05, 3.63) is 87.8 Å². The summed E-state index contributed by atoms with van der Waals surface area (Å²) in [5, 5.41) is 12.5. The van der Waals surface area contributed by atoms with Gasteiger partial charge in [0, 0.05) is 11.4 Å². The van der Waals surface area contributed by atoms with Gasteiger partial charge in [0.1, 0.15) is 17.1 Å². The number of anilines is 1. The maximum atomic E-state index is 12.8. The van der Waals surface area contributed by atoms with Gasteiger partial charge in [-0.3, -0.25) is 9.59 Å². The lowest BCUT2D eigenvalue weighted by Gasteiger charge is -2.19. The highest BCUT2D eigenvalue weighted by Gasteiger charge is 2.32. The van der Waals surface area contributed by atoms with Gasteiger partial charge in [-0.1, -0.05) is 24.3 Å². The summed E-state index contributed by atoms with van der Waals surface area (Å²) in [5.74, 6) is -0.387. The number of carbonyl (C=O) groups is 2. The van der Waals surface area contributed by atoms with Gasteiger partial charge in [-0.25, -0.2) is 4.98 Å². The number of nitrogens with zero attached hydrogens (tertiary/aromatic N) is 1. The van der Waals surface area contributed by atoms with Gasteiger partial charge in [0.05, 0.1) is 10.0 Å². The van der Waals surface area contributed by atoms with Crippen LogP contribution < -0.4 is 5.32 Å². The fourth-order valence-electron chi connectivity index (χ4n) is 3.02. The summed E-state index contributed by atoms with van der Waals surface area (Å²) in [7, 11) is 0. The van der Waals surface area contributed by atoms with Crippen LogP contribution in [0.5, 0.6) is 5.75 Å². The number of phenolic OH excluding ortho intramolecular Hbond substituents is 1. The number of aromatic nitrogens is 1. The Bertz CT molecular complexity index is 1130. The molecule has 6 heteroatoms. The third kappa shape index (κ3) is 3.23. The van der Waals surface area contributed by atoms with Crippen molar-refractivity contribution in [3.8, 4) is 16.9 Å². The van der Waals surface area contributed by atoms with Crippen LogP contribution in [-0.2, 0) is 0 Å². The first-order chi connectivity index (χ1) is 13.4. The maximum absolute atomic E-state index is 12.8. The molecule has 0 spiro atoms. The number of fused-ring (bicyclic) bond motifs is 1. The van der Waals surface area contributed by atoms with Crippen LogP contribution in [0, 0.1) is 6.92 Å². The fourth-order valence-corrected chi connectivity index (χ4v) is 3.49. The quantitative estimate of drug-likeness (QED) is 0.615. The van der Waals surface area contributed by atoms with E-state index in [2.05, 4.69) is 26.2 Å². The zero-order valence-corrected chi connectivity index (χ0v) is 16.4. The number of pyridine rings is 1. The number of aryl methyl sites for hydroxylation is 1. The van der Waals surface area contributed by atoms with Crippen LogP contribution >= 0.6 is 15.9 Å². The van der Waals surface area contributed by atoms with Crippen molar-refractivity contribution in [2.45, 2.75) is 6.92 Å². The predicted molar refractivity (Wildman–Crippen MR) is 111 cm³/mol. The fraction of sp³-hybridized carbons (Fsp3) is 0.0455. The molecule has 28 heavy (non-hydrogen) atoms. The lowest BCUT2D eigenvalue weighted by molar-refractivity contribution is 0.0979. The van der Waals surface area contributed by atoms with Crippen LogP contribution in [0.2, 0.25) is 0 Å². The molecular formula is C22H15BrN2O3. The largest absolute Gasteiger partial charge is 0.508 e. The number of rotatable bonds is 3. The zero-order chi connectivity index (χ0) is 19.8. The highest BCUT2D eigenvalue weighted by molar-refractivity contribution is 9.12. The molecule has 0 saturated carbocycles. The monoisotopic (exact) mass is 434 g/mol. The van der Waals surface area contributed by atoms with Gasteiger partial charge in [0.2, 0.25) is 11.6 Å². The summed E-state index contributed by atoms with van der Waals surface area (Å²) < 4.78 is 0.172. The molecule has 5 nitrogen and oxygen atoms in total. The van der Waals surface area contributed by atoms with E-state index in [9.17, 15) is 14.7 Å². The first-order valence-electron chi connectivity index (χ1n) is 8.57.